The lowest BCUT2D eigenvalue weighted by Gasteiger charge is -2.08. The quantitative estimate of drug-likeness (QED) is 0.825. The first kappa shape index (κ1) is 15.4. The molecule has 0 aliphatic carbocycles. The third-order valence-corrected chi connectivity index (χ3v) is 2.67. The fourth-order valence-corrected chi connectivity index (χ4v) is 1.77. The van der Waals surface area contributed by atoms with Gasteiger partial charge in [-0.3, -0.25) is 0 Å². The standard InChI is InChI=1S/C12H11BrF2N4O2/c1-2-3-20-11-17-10(16)18-12(19-11)21-8-5-6(13)4-7(14)9(8)15/h4-5H,2-3H2,1H3,(H2,16,17,18,19). The summed E-state index contributed by atoms with van der Waals surface area (Å²) in [4.78, 5) is 11.2. The molecule has 0 atom stereocenters. The van der Waals surface area contributed by atoms with Crippen LogP contribution in [0.25, 0.3) is 0 Å². The van der Waals surface area contributed by atoms with E-state index < -0.39 is 11.6 Å². The normalized spacial score (nSPS) is 10.5. The van der Waals surface area contributed by atoms with Crippen molar-refractivity contribution in [2.75, 3.05) is 12.3 Å². The minimum Gasteiger partial charge on any atom is -0.463 e. The van der Waals surface area contributed by atoms with Crippen molar-refractivity contribution in [3.05, 3.63) is 28.2 Å². The lowest BCUT2D eigenvalue weighted by atomic mass is 10.3. The molecule has 2 rings (SSSR count). The predicted molar refractivity (Wildman–Crippen MR) is 74.2 cm³/mol. The zero-order valence-electron chi connectivity index (χ0n) is 10.9. The Bertz CT molecular complexity index is 657. The Balaban J connectivity index is 2.29. The largest absolute Gasteiger partial charge is 0.463 e. The molecular weight excluding hydrogens is 350 g/mol. The average Bonchev–Trinajstić information content (AvgIpc) is 2.41. The van der Waals surface area contributed by atoms with Crippen molar-refractivity contribution in [2.24, 2.45) is 0 Å². The summed E-state index contributed by atoms with van der Waals surface area (Å²) >= 11 is 3.03. The van der Waals surface area contributed by atoms with Gasteiger partial charge in [-0.1, -0.05) is 22.9 Å². The molecule has 0 aliphatic heterocycles. The van der Waals surface area contributed by atoms with E-state index in [0.717, 1.165) is 12.5 Å². The molecule has 0 unspecified atom stereocenters. The molecule has 1 aromatic heterocycles. The highest BCUT2D eigenvalue weighted by Gasteiger charge is 2.15. The second-order valence-corrected chi connectivity index (χ2v) is 4.82. The molecule has 2 aromatic rings. The summed E-state index contributed by atoms with van der Waals surface area (Å²) in [6.45, 7) is 2.28. The molecule has 21 heavy (non-hydrogen) atoms. The molecule has 0 aliphatic rings. The maximum absolute atomic E-state index is 13.6. The van der Waals surface area contributed by atoms with Crippen LogP contribution in [0.15, 0.2) is 16.6 Å². The van der Waals surface area contributed by atoms with Crippen molar-refractivity contribution in [2.45, 2.75) is 13.3 Å². The van der Waals surface area contributed by atoms with Crippen LogP contribution in [0.2, 0.25) is 0 Å². The Morgan fingerprint density at radius 1 is 1.19 bits per heavy atom. The van der Waals surface area contributed by atoms with Crippen LogP contribution in [0.4, 0.5) is 14.7 Å². The monoisotopic (exact) mass is 360 g/mol. The summed E-state index contributed by atoms with van der Waals surface area (Å²) in [6, 6.07) is 1.88. The van der Waals surface area contributed by atoms with Crippen LogP contribution in [0.3, 0.4) is 0 Å². The molecule has 112 valence electrons. The first-order valence-electron chi connectivity index (χ1n) is 5.96. The number of hydrogen-bond donors (Lipinski definition) is 1. The molecule has 0 radical (unpaired) electrons. The Morgan fingerprint density at radius 3 is 2.62 bits per heavy atom. The van der Waals surface area contributed by atoms with E-state index in [4.69, 9.17) is 15.2 Å². The van der Waals surface area contributed by atoms with Gasteiger partial charge in [0.15, 0.2) is 11.6 Å². The van der Waals surface area contributed by atoms with Crippen LogP contribution in [-0.2, 0) is 0 Å². The molecule has 0 saturated heterocycles. The van der Waals surface area contributed by atoms with E-state index in [1.165, 1.54) is 6.07 Å². The number of halogens is 3. The molecule has 2 N–H and O–H groups in total. The van der Waals surface area contributed by atoms with Gasteiger partial charge in [-0.2, -0.15) is 14.4 Å². The van der Waals surface area contributed by atoms with Gasteiger partial charge in [-0.15, -0.1) is 4.98 Å². The molecule has 1 heterocycles. The van der Waals surface area contributed by atoms with Gasteiger partial charge in [0.2, 0.25) is 11.8 Å². The zero-order chi connectivity index (χ0) is 15.4. The second kappa shape index (κ2) is 6.61. The Morgan fingerprint density at radius 2 is 1.90 bits per heavy atom. The minimum atomic E-state index is -1.16. The smallest absolute Gasteiger partial charge is 0.330 e. The van der Waals surface area contributed by atoms with Crippen molar-refractivity contribution in [3.8, 4) is 17.8 Å². The Labute approximate surface area is 127 Å². The molecule has 0 saturated carbocycles. The van der Waals surface area contributed by atoms with E-state index in [1.54, 1.807) is 0 Å². The number of aromatic nitrogens is 3. The molecule has 6 nitrogen and oxygen atoms in total. The molecule has 0 bridgehead atoms. The van der Waals surface area contributed by atoms with Crippen molar-refractivity contribution in [1.82, 2.24) is 15.0 Å². The summed E-state index contributed by atoms with van der Waals surface area (Å²) in [5, 5.41) is 0. The molecular formula is C12H11BrF2N4O2. The predicted octanol–water partition coefficient (Wildman–Crippen LogP) is 3.08. The SMILES string of the molecule is CCCOc1nc(N)nc(Oc2cc(Br)cc(F)c2F)n1. The highest BCUT2D eigenvalue weighted by atomic mass is 79.9. The van der Waals surface area contributed by atoms with Crippen LogP contribution in [-0.4, -0.2) is 21.6 Å². The number of nitrogens with two attached hydrogens (primary N) is 1. The van der Waals surface area contributed by atoms with E-state index in [1.807, 2.05) is 6.92 Å². The van der Waals surface area contributed by atoms with Crippen molar-refractivity contribution in [1.29, 1.82) is 0 Å². The van der Waals surface area contributed by atoms with Crippen molar-refractivity contribution in [3.63, 3.8) is 0 Å². The number of benzene rings is 1. The molecule has 0 amide bonds. The van der Waals surface area contributed by atoms with Gasteiger partial charge in [0, 0.05) is 4.47 Å². The molecule has 0 spiro atoms. The van der Waals surface area contributed by atoms with E-state index in [9.17, 15) is 8.78 Å². The zero-order valence-corrected chi connectivity index (χ0v) is 12.5. The fourth-order valence-electron chi connectivity index (χ4n) is 1.36. The van der Waals surface area contributed by atoms with E-state index in [0.29, 0.717) is 11.1 Å². The van der Waals surface area contributed by atoms with Crippen LogP contribution >= 0.6 is 15.9 Å². The Hall–Kier alpha value is -2.03. The first-order valence-corrected chi connectivity index (χ1v) is 6.75. The highest BCUT2D eigenvalue weighted by Crippen LogP contribution is 2.28. The number of anilines is 1. The number of hydrogen-bond acceptors (Lipinski definition) is 6. The summed E-state index contributed by atoms with van der Waals surface area (Å²) in [7, 11) is 0. The molecule has 1 aromatic carbocycles. The minimum absolute atomic E-state index is 0.0461. The van der Waals surface area contributed by atoms with E-state index in [2.05, 4.69) is 30.9 Å². The van der Waals surface area contributed by atoms with E-state index in [-0.39, 0.29) is 23.7 Å². The summed E-state index contributed by atoms with van der Waals surface area (Å²) < 4.78 is 37.5. The summed E-state index contributed by atoms with van der Waals surface area (Å²) in [5.41, 5.74) is 5.48. The summed E-state index contributed by atoms with van der Waals surface area (Å²) in [5.74, 6) is -2.76. The van der Waals surface area contributed by atoms with Crippen LogP contribution in [0.5, 0.6) is 17.8 Å². The van der Waals surface area contributed by atoms with Gasteiger partial charge >= 0.3 is 12.0 Å². The van der Waals surface area contributed by atoms with Gasteiger partial charge in [-0.05, 0) is 18.6 Å². The van der Waals surface area contributed by atoms with Crippen molar-refractivity contribution < 1.29 is 18.3 Å². The molecule has 9 heteroatoms. The van der Waals surface area contributed by atoms with Crippen LogP contribution in [0.1, 0.15) is 13.3 Å². The highest BCUT2D eigenvalue weighted by molar-refractivity contribution is 9.10. The van der Waals surface area contributed by atoms with Gasteiger partial charge < -0.3 is 15.2 Å². The van der Waals surface area contributed by atoms with E-state index >= 15 is 0 Å². The first-order chi connectivity index (χ1) is 9.99. The summed E-state index contributed by atoms with van der Waals surface area (Å²) in [6.07, 6.45) is 0.743. The average molecular weight is 361 g/mol. The topological polar surface area (TPSA) is 83.2 Å². The van der Waals surface area contributed by atoms with Gasteiger partial charge in [0.1, 0.15) is 0 Å². The van der Waals surface area contributed by atoms with Gasteiger partial charge in [0.25, 0.3) is 0 Å². The van der Waals surface area contributed by atoms with Gasteiger partial charge in [-0.25, -0.2) is 4.39 Å². The fraction of sp³-hybridized carbons (Fsp3) is 0.250. The number of nitrogen functional groups attached to an aromatic ring is 1. The molecule has 0 fully saturated rings. The lowest BCUT2D eigenvalue weighted by molar-refractivity contribution is 0.284. The number of ether oxygens (including phenoxy) is 2. The lowest BCUT2D eigenvalue weighted by Crippen LogP contribution is -2.06. The van der Waals surface area contributed by atoms with Crippen LogP contribution in [0, 0.1) is 11.6 Å². The third kappa shape index (κ3) is 3.97. The van der Waals surface area contributed by atoms with Crippen LogP contribution < -0.4 is 15.2 Å². The Kier molecular flexibility index (Phi) is 4.84. The third-order valence-electron chi connectivity index (χ3n) is 2.21. The van der Waals surface area contributed by atoms with Gasteiger partial charge in [0.05, 0.1) is 6.61 Å². The maximum Gasteiger partial charge on any atom is 0.330 e. The van der Waals surface area contributed by atoms with Crippen molar-refractivity contribution >= 4 is 21.9 Å². The number of nitrogens with zero attached hydrogens (tertiary/aromatic N) is 3. The number of rotatable bonds is 5. The second-order valence-electron chi connectivity index (χ2n) is 3.91. The maximum atomic E-state index is 13.6.